The van der Waals surface area contributed by atoms with Gasteiger partial charge in [-0.1, -0.05) is 23.7 Å². The number of hydrogen-bond acceptors (Lipinski definition) is 5. The summed E-state index contributed by atoms with van der Waals surface area (Å²) in [5.41, 5.74) is 2.55. The molecule has 7 nitrogen and oxygen atoms in total. The molecule has 2 aromatic heterocycles. The first-order valence-corrected chi connectivity index (χ1v) is 11.9. The minimum atomic E-state index is -0.488. The number of halogens is 1. The molecule has 3 atom stereocenters. The van der Waals surface area contributed by atoms with Crippen LogP contribution < -0.4 is 0 Å². The zero-order valence-corrected chi connectivity index (χ0v) is 20.3. The first-order chi connectivity index (χ1) is 15.7. The normalized spacial score (nSPS) is 22.0. The predicted octanol–water partition coefficient (Wildman–Crippen LogP) is 5.19. The molecule has 2 bridgehead atoms. The van der Waals surface area contributed by atoms with Gasteiger partial charge in [-0.15, -0.1) is 0 Å². The maximum atomic E-state index is 12.9. The van der Waals surface area contributed by atoms with E-state index in [2.05, 4.69) is 21.2 Å². The van der Waals surface area contributed by atoms with Crippen molar-refractivity contribution >= 4 is 23.5 Å². The van der Waals surface area contributed by atoms with Gasteiger partial charge < -0.3 is 4.74 Å². The molecule has 2 fully saturated rings. The second kappa shape index (κ2) is 8.29. The lowest BCUT2D eigenvalue weighted by atomic mass is 10.0. The van der Waals surface area contributed by atoms with Crippen LogP contribution in [0.1, 0.15) is 52.3 Å². The standard InChI is InChI=1S/C25H30ClN5O2/c1-16(29-14-19-10-11-20(15-29)31(19)24(32)33-25(2,3)4)22-21(17-6-8-18(26)9-7-17)28-23-27-12-5-13-30(22)23/h5-9,12-13,16,19-20H,10-11,14-15H2,1-4H3. The molecule has 0 radical (unpaired) electrons. The van der Waals surface area contributed by atoms with E-state index in [1.54, 1.807) is 6.20 Å². The first kappa shape index (κ1) is 22.2. The molecule has 4 heterocycles. The van der Waals surface area contributed by atoms with Gasteiger partial charge in [0, 0.05) is 48.2 Å². The van der Waals surface area contributed by atoms with Crippen LogP contribution >= 0.6 is 11.6 Å². The predicted molar refractivity (Wildman–Crippen MR) is 128 cm³/mol. The molecule has 1 amide bonds. The summed E-state index contributed by atoms with van der Waals surface area (Å²) >= 11 is 6.13. The van der Waals surface area contributed by atoms with Gasteiger partial charge in [0.15, 0.2) is 0 Å². The van der Waals surface area contributed by atoms with E-state index in [4.69, 9.17) is 21.3 Å². The van der Waals surface area contributed by atoms with E-state index in [1.807, 2.05) is 62.2 Å². The number of carbonyl (C=O) groups excluding carboxylic acids is 1. The minimum Gasteiger partial charge on any atom is -0.444 e. The number of benzene rings is 1. The summed E-state index contributed by atoms with van der Waals surface area (Å²) < 4.78 is 7.79. The molecule has 8 heteroatoms. The van der Waals surface area contributed by atoms with Crippen LogP contribution in [0.15, 0.2) is 42.7 Å². The third-order valence-electron chi connectivity index (χ3n) is 6.62. The van der Waals surface area contributed by atoms with Crippen LogP contribution in [0.5, 0.6) is 0 Å². The van der Waals surface area contributed by atoms with E-state index in [0.29, 0.717) is 10.8 Å². The zero-order chi connectivity index (χ0) is 23.3. The summed E-state index contributed by atoms with van der Waals surface area (Å²) in [4.78, 5) is 26.7. The fourth-order valence-corrected chi connectivity index (χ4v) is 5.29. The molecule has 0 aliphatic carbocycles. The van der Waals surface area contributed by atoms with Crippen molar-refractivity contribution < 1.29 is 9.53 Å². The Morgan fingerprint density at radius 2 is 1.82 bits per heavy atom. The minimum absolute atomic E-state index is 0.0961. The molecule has 2 saturated heterocycles. The summed E-state index contributed by atoms with van der Waals surface area (Å²) in [6, 6.07) is 10.1. The number of rotatable bonds is 3. The molecule has 0 N–H and O–H groups in total. The van der Waals surface area contributed by atoms with Gasteiger partial charge in [0.1, 0.15) is 5.60 Å². The highest BCUT2D eigenvalue weighted by Gasteiger charge is 2.45. The average Bonchev–Trinajstić information content (AvgIpc) is 3.27. The Bertz CT molecular complexity index is 1160. The van der Waals surface area contributed by atoms with E-state index in [0.717, 1.165) is 42.9 Å². The van der Waals surface area contributed by atoms with Crippen LogP contribution in [0.4, 0.5) is 4.79 Å². The Labute approximate surface area is 199 Å². The fraction of sp³-hybridized carbons (Fsp3) is 0.480. The second-order valence-electron chi connectivity index (χ2n) is 10.0. The van der Waals surface area contributed by atoms with Gasteiger partial charge in [-0.2, -0.15) is 0 Å². The number of carbonyl (C=O) groups is 1. The molecule has 3 aromatic rings. The van der Waals surface area contributed by atoms with Gasteiger partial charge in [-0.25, -0.2) is 14.8 Å². The highest BCUT2D eigenvalue weighted by Crippen LogP contribution is 2.38. The van der Waals surface area contributed by atoms with Crippen molar-refractivity contribution in [2.24, 2.45) is 0 Å². The number of likely N-dealkylation sites (tertiary alicyclic amines) is 1. The monoisotopic (exact) mass is 467 g/mol. The van der Waals surface area contributed by atoms with Gasteiger partial charge in [-0.3, -0.25) is 14.2 Å². The molecule has 2 aliphatic heterocycles. The van der Waals surface area contributed by atoms with Gasteiger partial charge >= 0.3 is 6.09 Å². The summed E-state index contributed by atoms with van der Waals surface area (Å²) in [6.07, 6.45) is 5.61. The third-order valence-corrected chi connectivity index (χ3v) is 6.87. The third kappa shape index (κ3) is 4.20. The highest BCUT2D eigenvalue weighted by molar-refractivity contribution is 6.30. The Balaban J connectivity index is 1.46. The number of hydrogen-bond donors (Lipinski definition) is 0. The number of piperazine rings is 1. The lowest BCUT2D eigenvalue weighted by Gasteiger charge is -2.43. The number of imidazole rings is 1. The molecule has 1 aromatic carbocycles. The quantitative estimate of drug-likeness (QED) is 0.530. The Hall–Kier alpha value is -2.64. The Morgan fingerprint density at radius 3 is 2.45 bits per heavy atom. The van der Waals surface area contributed by atoms with Crippen molar-refractivity contribution in [1.82, 2.24) is 24.2 Å². The van der Waals surface area contributed by atoms with Crippen LogP contribution in [-0.4, -0.2) is 61.0 Å². The molecular formula is C25H30ClN5O2. The lowest BCUT2D eigenvalue weighted by Crippen LogP contribution is -2.57. The molecular weight excluding hydrogens is 438 g/mol. The lowest BCUT2D eigenvalue weighted by molar-refractivity contribution is -0.0102. The summed E-state index contributed by atoms with van der Waals surface area (Å²) in [5.74, 6) is 0.680. The van der Waals surface area contributed by atoms with Crippen molar-refractivity contribution in [2.75, 3.05) is 13.1 Å². The van der Waals surface area contributed by atoms with Crippen molar-refractivity contribution in [3.05, 3.63) is 53.4 Å². The maximum absolute atomic E-state index is 12.9. The molecule has 0 spiro atoms. The SMILES string of the molecule is CC(c1c(-c2ccc(Cl)cc2)nc2ncccn12)N1CC2CCC(C1)N2C(=O)OC(C)(C)C. The number of amides is 1. The van der Waals surface area contributed by atoms with Gasteiger partial charge in [0.05, 0.1) is 17.4 Å². The van der Waals surface area contributed by atoms with Crippen molar-refractivity contribution in [3.63, 3.8) is 0 Å². The van der Waals surface area contributed by atoms with Gasteiger partial charge in [0.2, 0.25) is 5.78 Å². The van der Waals surface area contributed by atoms with Gasteiger partial charge in [-0.05, 0) is 58.7 Å². The molecule has 2 aliphatic rings. The van der Waals surface area contributed by atoms with Crippen molar-refractivity contribution in [3.8, 4) is 11.3 Å². The number of aromatic nitrogens is 3. The highest BCUT2D eigenvalue weighted by atomic mass is 35.5. The number of fused-ring (bicyclic) bond motifs is 3. The Kier molecular flexibility index (Phi) is 5.57. The molecule has 174 valence electrons. The number of ether oxygens (including phenoxy) is 1. The number of nitrogens with zero attached hydrogens (tertiary/aromatic N) is 5. The molecule has 5 rings (SSSR count). The molecule has 33 heavy (non-hydrogen) atoms. The van der Waals surface area contributed by atoms with Crippen LogP contribution in [0.3, 0.4) is 0 Å². The van der Waals surface area contributed by atoms with E-state index >= 15 is 0 Å². The Morgan fingerprint density at radius 1 is 1.15 bits per heavy atom. The smallest absolute Gasteiger partial charge is 0.410 e. The molecule has 0 saturated carbocycles. The van der Waals surface area contributed by atoms with Crippen LogP contribution in [-0.2, 0) is 4.74 Å². The topological polar surface area (TPSA) is 63.0 Å². The van der Waals surface area contributed by atoms with Crippen LogP contribution in [0.2, 0.25) is 5.02 Å². The average molecular weight is 468 g/mol. The van der Waals surface area contributed by atoms with E-state index in [-0.39, 0.29) is 24.2 Å². The first-order valence-electron chi connectivity index (χ1n) is 11.6. The van der Waals surface area contributed by atoms with Crippen molar-refractivity contribution in [2.45, 2.75) is 64.3 Å². The van der Waals surface area contributed by atoms with E-state index < -0.39 is 5.60 Å². The van der Waals surface area contributed by atoms with Crippen molar-refractivity contribution in [1.29, 1.82) is 0 Å². The fourth-order valence-electron chi connectivity index (χ4n) is 5.16. The van der Waals surface area contributed by atoms with E-state index in [9.17, 15) is 4.79 Å². The second-order valence-corrected chi connectivity index (χ2v) is 10.5. The summed E-state index contributed by atoms with van der Waals surface area (Å²) in [6.45, 7) is 9.60. The summed E-state index contributed by atoms with van der Waals surface area (Å²) in [7, 11) is 0. The largest absolute Gasteiger partial charge is 0.444 e. The summed E-state index contributed by atoms with van der Waals surface area (Å²) in [5, 5.41) is 0.699. The van der Waals surface area contributed by atoms with Crippen LogP contribution in [0.25, 0.3) is 17.0 Å². The zero-order valence-electron chi connectivity index (χ0n) is 19.5. The van der Waals surface area contributed by atoms with Crippen LogP contribution in [0, 0.1) is 0 Å². The van der Waals surface area contributed by atoms with Gasteiger partial charge in [0.25, 0.3) is 0 Å². The van der Waals surface area contributed by atoms with E-state index in [1.165, 1.54) is 0 Å². The maximum Gasteiger partial charge on any atom is 0.410 e. The molecule has 3 unspecified atom stereocenters.